The fraction of sp³-hybridized carbons (Fsp3) is 0.214. The third-order valence-corrected chi connectivity index (χ3v) is 3.01. The van der Waals surface area contributed by atoms with E-state index in [2.05, 4.69) is 15.0 Å². The molecular formula is C14H8F9N5. The summed E-state index contributed by atoms with van der Waals surface area (Å²) in [6, 6.07) is 3.53. The Hall–Kier alpha value is -3.06. The molecule has 0 saturated heterocycles. The van der Waals surface area contributed by atoms with Crippen molar-refractivity contribution in [3.05, 3.63) is 47.3 Å². The monoisotopic (exact) mass is 417 g/mol. The van der Waals surface area contributed by atoms with Crippen molar-refractivity contribution in [2.45, 2.75) is 18.5 Å². The molecular weight excluding hydrogens is 409 g/mol. The predicted molar refractivity (Wildman–Crippen MR) is 78.4 cm³/mol. The number of halogens is 9. The van der Waals surface area contributed by atoms with Crippen LogP contribution in [0.5, 0.6) is 0 Å². The zero-order valence-corrected chi connectivity index (χ0v) is 13.2. The fourth-order valence-corrected chi connectivity index (χ4v) is 1.89. The Morgan fingerprint density at radius 3 is 1.79 bits per heavy atom. The molecule has 14 heteroatoms. The molecule has 152 valence electrons. The molecule has 1 heterocycles. The maximum Gasteiger partial charge on any atom is 0.433 e. The number of para-hydroxylation sites is 1. The van der Waals surface area contributed by atoms with E-state index in [9.17, 15) is 39.5 Å². The molecule has 0 amide bonds. The molecule has 2 rings (SSSR count). The van der Waals surface area contributed by atoms with Gasteiger partial charge in [0.05, 0.1) is 11.3 Å². The van der Waals surface area contributed by atoms with Crippen molar-refractivity contribution >= 4 is 17.6 Å². The second-order valence-corrected chi connectivity index (χ2v) is 5.10. The molecule has 0 aliphatic heterocycles. The quantitative estimate of drug-likeness (QED) is 0.426. The van der Waals surface area contributed by atoms with Crippen molar-refractivity contribution in [1.29, 1.82) is 0 Å². The summed E-state index contributed by atoms with van der Waals surface area (Å²) in [5, 5.41) is 1.95. The van der Waals surface area contributed by atoms with E-state index < -0.39 is 53.1 Å². The van der Waals surface area contributed by atoms with Crippen LogP contribution < -0.4 is 11.1 Å². The van der Waals surface area contributed by atoms with Crippen molar-refractivity contribution < 1.29 is 39.5 Å². The minimum Gasteiger partial charge on any atom is -0.369 e. The van der Waals surface area contributed by atoms with Crippen LogP contribution in [0.1, 0.15) is 17.0 Å². The van der Waals surface area contributed by atoms with Crippen LogP contribution >= 0.6 is 0 Å². The van der Waals surface area contributed by atoms with Gasteiger partial charge >= 0.3 is 18.5 Å². The van der Waals surface area contributed by atoms with Gasteiger partial charge in [-0.05, 0) is 18.2 Å². The number of aliphatic imine (C=N–C) groups is 1. The molecule has 0 atom stereocenters. The van der Waals surface area contributed by atoms with E-state index in [4.69, 9.17) is 5.73 Å². The molecule has 0 fully saturated rings. The van der Waals surface area contributed by atoms with Gasteiger partial charge in [-0.1, -0.05) is 12.1 Å². The summed E-state index contributed by atoms with van der Waals surface area (Å²) in [5.41, 5.74) is -0.409. The normalized spacial score (nSPS) is 13.5. The Balaban J connectivity index is 2.45. The lowest BCUT2D eigenvalue weighted by atomic mass is 10.1. The largest absolute Gasteiger partial charge is 0.433 e. The maximum absolute atomic E-state index is 12.9. The summed E-state index contributed by atoms with van der Waals surface area (Å²) >= 11 is 0. The summed E-state index contributed by atoms with van der Waals surface area (Å²) in [6.45, 7) is 0. The van der Waals surface area contributed by atoms with Gasteiger partial charge in [0, 0.05) is 0 Å². The van der Waals surface area contributed by atoms with Gasteiger partial charge in [0.25, 0.3) is 5.95 Å². The van der Waals surface area contributed by atoms with Crippen LogP contribution in [-0.2, 0) is 18.5 Å². The lowest BCUT2D eigenvalue weighted by Crippen LogP contribution is -2.24. The number of rotatable bonds is 2. The number of nitrogens with two attached hydrogens (primary N) is 1. The summed E-state index contributed by atoms with van der Waals surface area (Å²) < 4.78 is 115. The van der Waals surface area contributed by atoms with E-state index in [1.807, 2.05) is 5.32 Å². The molecule has 0 spiro atoms. The van der Waals surface area contributed by atoms with Gasteiger partial charge in [-0.3, -0.25) is 0 Å². The molecule has 0 radical (unpaired) electrons. The highest BCUT2D eigenvalue weighted by atomic mass is 19.4. The molecule has 0 aliphatic rings. The lowest BCUT2D eigenvalue weighted by Gasteiger charge is -2.14. The van der Waals surface area contributed by atoms with Gasteiger partial charge in [-0.15, -0.1) is 0 Å². The minimum atomic E-state index is -5.25. The fourth-order valence-electron chi connectivity index (χ4n) is 1.89. The summed E-state index contributed by atoms with van der Waals surface area (Å²) in [6.07, 6.45) is -15.3. The molecule has 1 aromatic carbocycles. The molecule has 2 aromatic rings. The van der Waals surface area contributed by atoms with Crippen LogP contribution in [-0.4, -0.2) is 15.9 Å². The molecule has 0 saturated carbocycles. The third kappa shape index (κ3) is 5.23. The first kappa shape index (κ1) is 21.2. The van der Waals surface area contributed by atoms with Crippen LogP contribution in [0.25, 0.3) is 0 Å². The first-order chi connectivity index (χ1) is 12.7. The molecule has 28 heavy (non-hydrogen) atoms. The highest BCUT2D eigenvalue weighted by Gasteiger charge is 2.39. The first-order valence-electron chi connectivity index (χ1n) is 6.99. The van der Waals surface area contributed by atoms with E-state index in [0.717, 1.165) is 12.1 Å². The van der Waals surface area contributed by atoms with E-state index in [0.29, 0.717) is 6.07 Å². The van der Waals surface area contributed by atoms with Gasteiger partial charge in [0.2, 0.25) is 5.96 Å². The summed E-state index contributed by atoms with van der Waals surface area (Å²) in [4.78, 5) is 8.73. The highest BCUT2D eigenvalue weighted by molar-refractivity contribution is 5.94. The van der Waals surface area contributed by atoms with Crippen LogP contribution in [0.4, 0.5) is 51.1 Å². The number of anilines is 1. The summed E-state index contributed by atoms with van der Waals surface area (Å²) in [5.74, 6) is -2.29. The number of guanidine groups is 1. The van der Waals surface area contributed by atoms with E-state index >= 15 is 0 Å². The summed E-state index contributed by atoms with van der Waals surface area (Å²) in [7, 11) is 0. The van der Waals surface area contributed by atoms with E-state index in [1.54, 1.807) is 0 Å². The minimum absolute atomic E-state index is 0.332. The number of nitrogens with one attached hydrogen (secondary N) is 1. The predicted octanol–water partition coefficient (Wildman–Crippen LogP) is 4.59. The first-order valence-corrected chi connectivity index (χ1v) is 6.99. The van der Waals surface area contributed by atoms with Gasteiger partial charge in [-0.25, -0.2) is 9.97 Å². The smallest absolute Gasteiger partial charge is 0.369 e. The van der Waals surface area contributed by atoms with Crippen molar-refractivity contribution in [3.63, 3.8) is 0 Å². The van der Waals surface area contributed by atoms with Crippen LogP contribution in [0.15, 0.2) is 35.3 Å². The zero-order valence-electron chi connectivity index (χ0n) is 13.2. The number of nitrogens with zero attached hydrogens (tertiary/aromatic N) is 3. The van der Waals surface area contributed by atoms with Crippen LogP contribution in [0, 0.1) is 0 Å². The molecule has 3 N–H and O–H groups in total. The van der Waals surface area contributed by atoms with Crippen molar-refractivity contribution in [1.82, 2.24) is 9.97 Å². The number of hydrogen-bond acceptors (Lipinski definition) is 3. The van der Waals surface area contributed by atoms with Crippen LogP contribution in [0.2, 0.25) is 0 Å². The molecule has 0 bridgehead atoms. The molecule has 0 unspecified atom stereocenters. The maximum atomic E-state index is 12.9. The number of benzene rings is 1. The Kier molecular flexibility index (Phi) is 5.43. The Bertz CT molecular complexity index is 852. The second kappa shape index (κ2) is 7.16. The van der Waals surface area contributed by atoms with E-state index in [1.165, 1.54) is 6.07 Å². The molecule has 1 aromatic heterocycles. The topological polar surface area (TPSA) is 76.2 Å². The van der Waals surface area contributed by atoms with Gasteiger partial charge in [0.15, 0.2) is 11.4 Å². The second-order valence-electron chi connectivity index (χ2n) is 5.10. The van der Waals surface area contributed by atoms with Crippen molar-refractivity contribution in [2.24, 2.45) is 10.7 Å². The zero-order chi connectivity index (χ0) is 21.3. The highest BCUT2D eigenvalue weighted by Crippen LogP contribution is 2.35. The third-order valence-electron chi connectivity index (χ3n) is 3.01. The SMILES string of the molecule is N/C(=N/c1nc(C(F)(F)F)cc(C(F)(F)F)n1)Nc1ccccc1C(F)(F)F. The molecule has 5 nitrogen and oxygen atoms in total. The van der Waals surface area contributed by atoms with E-state index in [-0.39, 0.29) is 6.07 Å². The lowest BCUT2D eigenvalue weighted by molar-refractivity contribution is -0.147. The average molecular weight is 417 g/mol. The Labute approximate surface area is 150 Å². The van der Waals surface area contributed by atoms with Gasteiger partial charge < -0.3 is 11.1 Å². The number of aromatic nitrogens is 2. The van der Waals surface area contributed by atoms with Gasteiger partial charge in [-0.2, -0.15) is 44.5 Å². The average Bonchev–Trinajstić information content (AvgIpc) is 2.52. The number of alkyl halides is 9. The standard InChI is InChI=1S/C14H8F9N5/c15-12(16,17)6-3-1-2-4-7(6)25-10(24)28-11-26-8(13(18,19)20)5-9(27-11)14(21,22)23/h1-5H,(H3,24,25,26,27,28). The molecule has 0 aliphatic carbocycles. The van der Waals surface area contributed by atoms with Gasteiger partial charge in [0.1, 0.15) is 0 Å². The van der Waals surface area contributed by atoms with Crippen LogP contribution in [0.3, 0.4) is 0 Å². The van der Waals surface area contributed by atoms with Crippen molar-refractivity contribution in [3.8, 4) is 0 Å². The number of hydrogen-bond donors (Lipinski definition) is 2. The van der Waals surface area contributed by atoms with Crippen molar-refractivity contribution in [2.75, 3.05) is 5.32 Å². The Morgan fingerprint density at radius 1 is 0.821 bits per heavy atom. The Morgan fingerprint density at radius 2 is 1.32 bits per heavy atom.